The number of hydrogen-bond acceptors (Lipinski definition) is 5. The summed E-state index contributed by atoms with van der Waals surface area (Å²) >= 11 is 0. The Hall–Kier alpha value is -4.13. The van der Waals surface area contributed by atoms with Gasteiger partial charge in [0.15, 0.2) is 16.9 Å². The van der Waals surface area contributed by atoms with Crippen molar-refractivity contribution in [2.24, 2.45) is 0 Å². The Balaban J connectivity index is 1.79. The van der Waals surface area contributed by atoms with Crippen LogP contribution >= 0.6 is 0 Å². The fourth-order valence-corrected chi connectivity index (χ4v) is 4.54. The van der Waals surface area contributed by atoms with Gasteiger partial charge in [0, 0.05) is 5.69 Å². The minimum atomic E-state index is -0.793. The Morgan fingerprint density at radius 2 is 1.71 bits per heavy atom. The summed E-state index contributed by atoms with van der Waals surface area (Å²) in [7, 11) is 0. The van der Waals surface area contributed by atoms with E-state index in [1.165, 1.54) is 12.1 Å². The summed E-state index contributed by atoms with van der Waals surface area (Å²) in [6.07, 6.45) is 0. The summed E-state index contributed by atoms with van der Waals surface area (Å²) in [4.78, 5) is 28.9. The van der Waals surface area contributed by atoms with Gasteiger partial charge >= 0.3 is 0 Å². The monoisotopic (exact) mass is 473 g/mol. The van der Waals surface area contributed by atoms with Crippen LogP contribution in [-0.4, -0.2) is 19.1 Å². The van der Waals surface area contributed by atoms with Gasteiger partial charge in [0.05, 0.1) is 30.2 Å². The van der Waals surface area contributed by atoms with Crippen molar-refractivity contribution >= 4 is 22.6 Å². The van der Waals surface area contributed by atoms with Crippen LogP contribution in [0.1, 0.15) is 47.1 Å². The quantitative estimate of drug-likeness (QED) is 0.355. The van der Waals surface area contributed by atoms with Crippen molar-refractivity contribution in [3.05, 3.63) is 99.2 Å². The van der Waals surface area contributed by atoms with Gasteiger partial charge in [0.1, 0.15) is 11.4 Å². The van der Waals surface area contributed by atoms with Crippen molar-refractivity contribution < 1.29 is 23.1 Å². The van der Waals surface area contributed by atoms with Gasteiger partial charge in [-0.05, 0) is 74.4 Å². The van der Waals surface area contributed by atoms with Gasteiger partial charge in [0.2, 0.25) is 5.76 Å². The average molecular weight is 474 g/mol. The first-order chi connectivity index (χ1) is 16.9. The molecular formula is C28H24FNO5. The Morgan fingerprint density at radius 3 is 2.46 bits per heavy atom. The number of ether oxygens (including phenoxy) is 2. The zero-order valence-electron chi connectivity index (χ0n) is 19.6. The molecule has 35 heavy (non-hydrogen) atoms. The molecule has 0 spiro atoms. The van der Waals surface area contributed by atoms with Gasteiger partial charge in [-0.25, -0.2) is 4.39 Å². The molecule has 1 unspecified atom stereocenters. The Labute approximate surface area is 201 Å². The third-order valence-corrected chi connectivity index (χ3v) is 6.00. The topological polar surface area (TPSA) is 69.0 Å². The molecule has 4 aromatic rings. The summed E-state index contributed by atoms with van der Waals surface area (Å²) in [5.41, 5.74) is 2.11. The van der Waals surface area contributed by atoms with E-state index in [1.54, 1.807) is 23.1 Å². The third kappa shape index (κ3) is 3.83. The number of carbonyl (C=O) groups excluding carboxylic acids is 1. The number of benzene rings is 3. The number of hydrogen-bond donors (Lipinski definition) is 0. The Bertz CT molecular complexity index is 1510. The molecule has 1 amide bonds. The fourth-order valence-electron chi connectivity index (χ4n) is 4.54. The maximum Gasteiger partial charge on any atom is 0.295 e. The predicted molar refractivity (Wildman–Crippen MR) is 131 cm³/mol. The van der Waals surface area contributed by atoms with Crippen LogP contribution in [-0.2, 0) is 0 Å². The van der Waals surface area contributed by atoms with Crippen molar-refractivity contribution in [3.63, 3.8) is 0 Å². The van der Waals surface area contributed by atoms with E-state index in [1.807, 2.05) is 45.0 Å². The van der Waals surface area contributed by atoms with Crippen LogP contribution in [0.4, 0.5) is 10.1 Å². The van der Waals surface area contributed by atoms with Crippen LogP contribution in [0, 0.1) is 12.7 Å². The fraction of sp³-hybridized carbons (Fsp3) is 0.214. The lowest BCUT2D eigenvalue weighted by atomic mass is 9.97. The standard InChI is InChI=1S/C28H24FNO5/c1-4-33-22-11-9-17(14-23(22)34-5-2)25-24-26(31)20-15-18(29)10-12-21(20)35-27(24)28(32)30(25)19-8-6-7-16(3)13-19/h6-15,25H,4-5H2,1-3H3. The number of anilines is 1. The lowest BCUT2D eigenvalue weighted by molar-refractivity contribution is 0.0971. The first-order valence-electron chi connectivity index (χ1n) is 11.5. The van der Waals surface area contributed by atoms with Gasteiger partial charge in [-0.2, -0.15) is 0 Å². The van der Waals surface area contributed by atoms with Crippen LogP contribution < -0.4 is 19.8 Å². The third-order valence-electron chi connectivity index (χ3n) is 6.00. The summed E-state index contributed by atoms with van der Waals surface area (Å²) in [5.74, 6) is 0.0321. The normalized spacial score (nSPS) is 14.9. The van der Waals surface area contributed by atoms with Crippen molar-refractivity contribution in [1.82, 2.24) is 0 Å². The molecule has 3 aromatic carbocycles. The highest BCUT2D eigenvalue weighted by Gasteiger charge is 2.44. The van der Waals surface area contributed by atoms with Gasteiger partial charge < -0.3 is 13.9 Å². The second-order valence-electron chi connectivity index (χ2n) is 8.30. The van der Waals surface area contributed by atoms with E-state index < -0.39 is 23.2 Å². The number of halogens is 1. The molecule has 5 rings (SSSR count). The minimum Gasteiger partial charge on any atom is -0.490 e. The number of amides is 1. The van der Waals surface area contributed by atoms with E-state index in [4.69, 9.17) is 13.9 Å². The summed E-state index contributed by atoms with van der Waals surface area (Å²) in [6.45, 7) is 6.55. The zero-order valence-corrected chi connectivity index (χ0v) is 19.6. The second-order valence-corrected chi connectivity index (χ2v) is 8.30. The molecule has 6 nitrogen and oxygen atoms in total. The molecule has 0 saturated carbocycles. The lowest BCUT2D eigenvalue weighted by Gasteiger charge is -2.26. The second kappa shape index (κ2) is 8.91. The zero-order chi connectivity index (χ0) is 24.7. The molecular weight excluding hydrogens is 449 g/mol. The van der Waals surface area contributed by atoms with E-state index >= 15 is 0 Å². The molecule has 1 aliphatic heterocycles. The molecule has 0 saturated heterocycles. The van der Waals surface area contributed by atoms with Crippen LogP contribution in [0.5, 0.6) is 11.5 Å². The van der Waals surface area contributed by atoms with Gasteiger partial charge in [-0.15, -0.1) is 0 Å². The molecule has 1 aliphatic rings. The summed E-state index contributed by atoms with van der Waals surface area (Å²) in [6, 6.07) is 15.7. The van der Waals surface area contributed by atoms with E-state index in [-0.39, 0.29) is 22.3 Å². The van der Waals surface area contributed by atoms with Crippen molar-refractivity contribution in [2.45, 2.75) is 26.8 Å². The molecule has 0 bridgehead atoms. The van der Waals surface area contributed by atoms with Gasteiger partial charge in [-0.3, -0.25) is 14.5 Å². The van der Waals surface area contributed by atoms with Crippen molar-refractivity contribution in [3.8, 4) is 11.5 Å². The van der Waals surface area contributed by atoms with Crippen LogP contribution in [0.2, 0.25) is 0 Å². The molecule has 0 radical (unpaired) electrons. The van der Waals surface area contributed by atoms with Gasteiger partial charge in [0.25, 0.3) is 5.91 Å². The van der Waals surface area contributed by atoms with Crippen molar-refractivity contribution in [2.75, 3.05) is 18.1 Å². The molecule has 178 valence electrons. The first-order valence-corrected chi connectivity index (χ1v) is 11.5. The summed E-state index contributed by atoms with van der Waals surface area (Å²) in [5, 5.41) is 0.0867. The Morgan fingerprint density at radius 1 is 0.943 bits per heavy atom. The highest BCUT2D eigenvalue weighted by Crippen LogP contribution is 2.43. The van der Waals surface area contributed by atoms with Crippen LogP contribution in [0.15, 0.2) is 69.9 Å². The predicted octanol–water partition coefficient (Wildman–Crippen LogP) is 5.79. The molecule has 7 heteroatoms. The molecule has 0 fully saturated rings. The number of nitrogens with zero attached hydrogens (tertiary/aromatic N) is 1. The largest absolute Gasteiger partial charge is 0.490 e. The van der Waals surface area contributed by atoms with Crippen LogP contribution in [0.3, 0.4) is 0 Å². The van der Waals surface area contributed by atoms with Crippen LogP contribution in [0.25, 0.3) is 11.0 Å². The van der Waals surface area contributed by atoms with Crippen molar-refractivity contribution in [1.29, 1.82) is 0 Å². The maximum absolute atomic E-state index is 14.0. The van der Waals surface area contributed by atoms with E-state index in [9.17, 15) is 14.0 Å². The SMILES string of the molecule is CCOc1ccc(C2c3c(oc4ccc(F)cc4c3=O)C(=O)N2c2cccc(C)c2)cc1OCC. The van der Waals surface area contributed by atoms with E-state index in [0.29, 0.717) is 36.0 Å². The summed E-state index contributed by atoms with van der Waals surface area (Å²) < 4.78 is 31.4. The highest BCUT2D eigenvalue weighted by atomic mass is 19.1. The lowest BCUT2D eigenvalue weighted by Crippen LogP contribution is -2.29. The molecule has 2 heterocycles. The number of rotatable bonds is 6. The Kier molecular flexibility index (Phi) is 5.76. The minimum absolute atomic E-state index is 0.0486. The first kappa shape index (κ1) is 22.7. The van der Waals surface area contributed by atoms with Gasteiger partial charge in [-0.1, -0.05) is 18.2 Å². The molecule has 1 atom stereocenters. The molecule has 1 aromatic heterocycles. The number of aryl methyl sites for hydroxylation is 1. The maximum atomic E-state index is 14.0. The average Bonchev–Trinajstić information content (AvgIpc) is 3.13. The number of fused-ring (bicyclic) bond motifs is 2. The van der Waals surface area contributed by atoms with E-state index in [2.05, 4.69) is 0 Å². The highest BCUT2D eigenvalue weighted by molar-refractivity contribution is 6.10. The van der Waals surface area contributed by atoms with E-state index in [0.717, 1.165) is 11.6 Å². The number of carbonyl (C=O) groups is 1. The molecule has 0 aliphatic carbocycles. The smallest absolute Gasteiger partial charge is 0.295 e. The molecule has 0 N–H and O–H groups in total.